The van der Waals surface area contributed by atoms with E-state index in [1.807, 2.05) is 35.9 Å². The van der Waals surface area contributed by atoms with E-state index in [-0.39, 0.29) is 0 Å². The average Bonchev–Trinajstić information content (AvgIpc) is 3.76. The number of furan rings is 2. The summed E-state index contributed by atoms with van der Waals surface area (Å²) in [6.45, 7) is 0. The van der Waals surface area contributed by atoms with Crippen molar-refractivity contribution in [2.24, 2.45) is 0 Å². The SMILES string of the molecule is c1ccc2c(c1)ccc1c2oc2cncc(N(c3ccc4c(c3)oc3ccccc34)c3ccc4sc5ccccc5c4c3)c21. The molecule has 0 saturated carbocycles. The van der Waals surface area contributed by atoms with Crippen LogP contribution in [0.3, 0.4) is 0 Å². The lowest BCUT2D eigenvalue weighted by molar-refractivity contribution is 0.669. The Kier molecular flexibility index (Phi) is 4.84. The van der Waals surface area contributed by atoms with Gasteiger partial charge in [-0.15, -0.1) is 11.3 Å². The molecule has 0 saturated heterocycles. The van der Waals surface area contributed by atoms with Crippen LogP contribution in [0.2, 0.25) is 0 Å². The van der Waals surface area contributed by atoms with Gasteiger partial charge in [-0.3, -0.25) is 4.98 Å². The normalized spacial score (nSPS) is 12.1. The molecule has 0 aliphatic rings. The van der Waals surface area contributed by atoms with Gasteiger partial charge in [0.1, 0.15) is 16.7 Å². The van der Waals surface area contributed by atoms with Crippen molar-refractivity contribution in [3.05, 3.63) is 134 Å². The van der Waals surface area contributed by atoms with Gasteiger partial charge in [0.25, 0.3) is 0 Å². The van der Waals surface area contributed by atoms with Crippen molar-refractivity contribution in [1.29, 1.82) is 0 Å². The second-order valence-corrected chi connectivity index (χ2v) is 12.3. The van der Waals surface area contributed by atoms with Crippen LogP contribution in [0, 0.1) is 0 Å². The highest BCUT2D eigenvalue weighted by atomic mass is 32.1. The van der Waals surface area contributed by atoms with Gasteiger partial charge in [0.2, 0.25) is 0 Å². The zero-order valence-corrected chi connectivity index (χ0v) is 24.1. The summed E-state index contributed by atoms with van der Waals surface area (Å²) in [6, 6.07) is 42.7. The molecule has 5 heteroatoms. The molecule has 0 aliphatic heterocycles. The first-order valence-corrected chi connectivity index (χ1v) is 15.4. The number of pyridine rings is 1. The Morgan fingerprint density at radius 3 is 2.18 bits per heavy atom. The maximum absolute atomic E-state index is 6.55. The van der Waals surface area contributed by atoms with Crippen molar-refractivity contribution in [2.75, 3.05) is 4.90 Å². The smallest absolute Gasteiger partial charge is 0.155 e. The van der Waals surface area contributed by atoms with Crippen LogP contribution in [0.1, 0.15) is 0 Å². The monoisotopic (exact) mass is 582 g/mol. The molecule has 6 aromatic carbocycles. The van der Waals surface area contributed by atoms with Crippen LogP contribution in [0.4, 0.5) is 17.1 Å². The number of anilines is 3. The van der Waals surface area contributed by atoms with E-state index in [1.165, 1.54) is 20.2 Å². The highest BCUT2D eigenvalue weighted by molar-refractivity contribution is 7.25. The zero-order chi connectivity index (χ0) is 28.8. The van der Waals surface area contributed by atoms with Gasteiger partial charge in [0.15, 0.2) is 5.58 Å². The van der Waals surface area contributed by atoms with E-state index in [9.17, 15) is 0 Å². The third-order valence-electron chi connectivity index (χ3n) is 8.73. The number of thiophene rings is 1. The zero-order valence-electron chi connectivity index (χ0n) is 23.3. The van der Waals surface area contributed by atoms with Gasteiger partial charge in [0.05, 0.1) is 23.5 Å². The lowest BCUT2D eigenvalue weighted by Crippen LogP contribution is -2.10. The van der Waals surface area contributed by atoms with Crippen LogP contribution in [0.15, 0.2) is 143 Å². The molecule has 0 atom stereocenters. The lowest BCUT2D eigenvalue weighted by Gasteiger charge is -2.26. The van der Waals surface area contributed by atoms with Crippen molar-refractivity contribution in [1.82, 2.24) is 4.98 Å². The van der Waals surface area contributed by atoms with Crippen LogP contribution in [-0.2, 0) is 0 Å². The molecule has 206 valence electrons. The minimum Gasteiger partial charge on any atom is -0.456 e. The molecule has 0 amide bonds. The Balaban J connectivity index is 1.29. The summed E-state index contributed by atoms with van der Waals surface area (Å²) in [7, 11) is 0. The molecular weight excluding hydrogens is 561 g/mol. The number of rotatable bonds is 3. The predicted octanol–water partition coefficient (Wildman–Crippen LogP) is 11.9. The highest BCUT2D eigenvalue weighted by Gasteiger charge is 2.22. The van der Waals surface area contributed by atoms with Crippen molar-refractivity contribution >= 4 is 103 Å². The quantitative estimate of drug-likeness (QED) is 0.208. The van der Waals surface area contributed by atoms with E-state index in [1.54, 1.807) is 0 Å². The van der Waals surface area contributed by atoms with Gasteiger partial charge in [-0.2, -0.15) is 0 Å². The first-order valence-electron chi connectivity index (χ1n) is 14.6. The van der Waals surface area contributed by atoms with Gasteiger partial charge in [0, 0.05) is 59.2 Å². The average molecular weight is 583 g/mol. The molecule has 0 spiro atoms. The van der Waals surface area contributed by atoms with E-state index in [0.29, 0.717) is 0 Å². The van der Waals surface area contributed by atoms with Crippen molar-refractivity contribution in [2.45, 2.75) is 0 Å². The fourth-order valence-corrected chi connectivity index (χ4v) is 7.83. The summed E-state index contributed by atoms with van der Waals surface area (Å²) >= 11 is 1.82. The van der Waals surface area contributed by atoms with Crippen LogP contribution >= 0.6 is 11.3 Å². The van der Waals surface area contributed by atoms with Gasteiger partial charge >= 0.3 is 0 Å². The minimum absolute atomic E-state index is 0.755. The molecule has 0 N–H and O–H groups in total. The second kappa shape index (κ2) is 8.93. The molecule has 0 bridgehead atoms. The first kappa shape index (κ1) is 23.9. The number of benzene rings is 6. The summed E-state index contributed by atoms with van der Waals surface area (Å²) in [5.74, 6) is 0. The maximum Gasteiger partial charge on any atom is 0.155 e. The molecule has 10 aromatic rings. The summed E-state index contributed by atoms with van der Waals surface area (Å²) < 4.78 is 15.5. The number of nitrogens with zero attached hydrogens (tertiary/aromatic N) is 2. The van der Waals surface area contributed by atoms with E-state index in [2.05, 4.69) is 114 Å². The Bertz CT molecular complexity index is 2750. The van der Waals surface area contributed by atoms with Gasteiger partial charge in [-0.05, 0) is 53.9 Å². The van der Waals surface area contributed by atoms with Crippen LogP contribution in [0.25, 0.3) is 74.8 Å². The largest absolute Gasteiger partial charge is 0.456 e. The maximum atomic E-state index is 6.55. The standard InChI is InChI=1S/C39H22N2O2S/c1-2-8-26-23(7-1)13-16-30-38-32(21-40-22-35(38)43-39(26)30)41(24-15-18-37-31(19-24)29-10-4-6-12-36(29)44-37)25-14-17-28-27-9-3-5-11-33(27)42-34(28)20-25/h1-22H. The van der Waals surface area contributed by atoms with Crippen LogP contribution < -0.4 is 4.90 Å². The first-order chi connectivity index (χ1) is 21.8. The molecule has 4 heterocycles. The molecule has 0 radical (unpaired) electrons. The predicted molar refractivity (Wildman–Crippen MR) is 184 cm³/mol. The minimum atomic E-state index is 0.755. The lowest BCUT2D eigenvalue weighted by atomic mass is 10.0. The molecule has 0 aliphatic carbocycles. The number of hydrogen-bond donors (Lipinski definition) is 0. The molecule has 4 aromatic heterocycles. The highest BCUT2D eigenvalue weighted by Crippen LogP contribution is 2.46. The Morgan fingerprint density at radius 1 is 0.500 bits per heavy atom. The summed E-state index contributed by atoms with van der Waals surface area (Å²) in [5, 5.41) is 9.04. The molecule has 10 rings (SSSR count). The number of aromatic nitrogens is 1. The van der Waals surface area contributed by atoms with E-state index in [4.69, 9.17) is 13.8 Å². The molecule has 0 unspecified atom stereocenters. The van der Waals surface area contributed by atoms with Crippen molar-refractivity contribution in [3.8, 4) is 0 Å². The van der Waals surface area contributed by atoms with E-state index in [0.717, 1.165) is 71.7 Å². The molecular formula is C39H22N2O2S. The topological polar surface area (TPSA) is 42.4 Å². The second-order valence-electron chi connectivity index (χ2n) is 11.2. The Hall–Kier alpha value is -5.65. The van der Waals surface area contributed by atoms with Gasteiger partial charge in [-0.25, -0.2) is 0 Å². The molecule has 44 heavy (non-hydrogen) atoms. The Morgan fingerprint density at radius 2 is 1.23 bits per heavy atom. The van der Waals surface area contributed by atoms with Crippen molar-refractivity contribution in [3.63, 3.8) is 0 Å². The fourth-order valence-electron chi connectivity index (χ4n) is 6.74. The summed E-state index contributed by atoms with van der Waals surface area (Å²) in [5.41, 5.74) is 6.34. The van der Waals surface area contributed by atoms with E-state index < -0.39 is 0 Å². The third-order valence-corrected chi connectivity index (χ3v) is 9.88. The number of para-hydroxylation sites is 1. The number of hydrogen-bond acceptors (Lipinski definition) is 5. The fraction of sp³-hybridized carbons (Fsp3) is 0. The number of fused-ring (bicyclic) bond motifs is 11. The summed E-state index contributed by atoms with van der Waals surface area (Å²) in [4.78, 5) is 6.99. The third kappa shape index (κ3) is 3.36. The van der Waals surface area contributed by atoms with Crippen LogP contribution in [0.5, 0.6) is 0 Å². The molecule has 4 nitrogen and oxygen atoms in total. The van der Waals surface area contributed by atoms with Crippen LogP contribution in [-0.4, -0.2) is 4.98 Å². The molecule has 0 fully saturated rings. The Labute approximate surface area is 255 Å². The van der Waals surface area contributed by atoms with E-state index >= 15 is 0 Å². The summed E-state index contributed by atoms with van der Waals surface area (Å²) in [6.07, 6.45) is 3.77. The van der Waals surface area contributed by atoms with Gasteiger partial charge in [-0.1, -0.05) is 66.7 Å². The van der Waals surface area contributed by atoms with Gasteiger partial charge < -0.3 is 13.7 Å². The van der Waals surface area contributed by atoms with Crippen molar-refractivity contribution < 1.29 is 8.83 Å².